The van der Waals surface area contributed by atoms with Gasteiger partial charge in [-0.25, -0.2) is 0 Å². The van der Waals surface area contributed by atoms with Gasteiger partial charge in [0.1, 0.15) is 0 Å². The molecule has 0 aromatic heterocycles. The zero-order valence-corrected chi connectivity index (χ0v) is 13.9. The van der Waals surface area contributed by atoms with Crippen LogP contribution in [0.5, 0.6) is 0 Å². The van der Waals surface area contributed by atoms with Gasteiger partial charge in [0.25, 0.3) is 0 Å². The zero-order chi connectivity index (χ0) is 17.1. The van der Waals surface area contributed by atoms with E-state index in [1.165, 1.54) is 5.56 Å². The number of hydrogen-bond donors (Lipinski definition) is 1. The highest BCUT2D eigenvalue weighted by atomic mass is 14.6. The van der Waals surface area contributed by atoms with Crippen molar-refractivity contribution in [2.75, 3.05) is 5.73 Å². The second-order valence-electron chi connectivity index (χ2n) is 6.09. The molecule has 4 rings (SSSR count). The van der Waals surface area contributed by atoms with Crippen LogP contribution in [-0.4, -0.2) is 0 Å². The van der Waals surface area contributed by atoms with Crippen LogP contribution in [0, 0.1) is 0 Å². The first kappa shape index (κ1) is 15.2. The maximum absolute atomic E-state index is 6.59. The highest BCUT2D eigenvalue weighted by Gasteiger charge is 2.11. The lowest BCUT2D eigenvalue weighted by molar-refractivity contribution is 1.61. The molecule has 0 aliphatic rings. The van der Waals surface area contributed by atoms with Gasteiger partial charge in [-0.15, -0.1) is 0 Å². The molecular weight excluding hydrogens is 302 g/mol. The number of hydrogen-bond acceptors (Lipinski definition) is 1. The molecular formula is C24H19N. The molecule has 1 nitrogen and oxygen atoms in total. The van der Waals surface area contributed by atoms with Gasteiger partial charge in [-0.1, -0.05) is 97.1 Å². The predicted octanol–water partition coefficient (Wildman–Crippen LogP) is 6.26. The van der Waals surface area contributed by atoms with Crippen LogP contribution in [0.25, 0.3) is 34.1 Å². The molecule has 4 aromatic rings. The van der Waals surface area contributed by atoms with Crippen LogP contribution in [-0.2, 0) is 0 Å². The van der Waals surface area contributed by atoms with Crippen LogP contribution in [0.1, 0.15) is 11.1 Å². The Hall–Kier alpha value is -3.32. The monoisotopic (exact) mass is 321 g/mol. The Balaban J connectivity index is 1.94. The summed E-state index contributed by atoms with van der Waals surface area (Å²) in [6.07, 6.45) is 4.29. The van der Waals surface area contributed by atoms with E-state index in [4.69, 9.17) is 5.73 Å². The van der Waals surface area contributed by atoms with Crippen molar-refractivity contribution in [1.82, 2.24) is 0 Å². The molecule has 0 amide bonds. The minimum Gasteiger partial charge on any atom is -0.398 e. The molecule has 1 heteroatoms. The topological polar surface area (TPSA) is 26.0 Å². The van der Waals surface area contributed by atoms with E-state index in [-0.39, 0.29) is 0 Å². The minimum absolute atomic E-state index is 0.831. The summed E-state index contributed by atoms with van der Waals surface area (Å²) in [5.41, 5.74) is 11.9. The maximum Gasteiger partial charge on any atom is 0.0479 e. The van der Waals surface area contributed by atoms with E-state index in [1.54, 1.807) is 0 Å². The first-order chi connectivity index (χ1) is 12.3. The van der Waals surface area contributed by atoms with E-state index in [1.807, 2.05) is 30.3 Å². The molecule has 0 bridgehead atoms. The minimum atomic E-state index is 0.831. The lowest BCUT2D eigenvalue weighted by atomic mass is 9.93. The normalized spacial score (nSPS) is 11.2. The molecule has 0 radical (unpaired) electrons. The Kier molecular flexibility index (Phi) is 4.05. The van der Waals surface area contributed by atoms with Gasteiger partial charge >= 0.3 is 0 Å². The molecule has 0 aliphatic heterocycles. The highest BCUT2D eigenvalue weighted by Crippen LogP contribution is 2.37. The van der Waals surface area contributed by atoms with Gasteiger partial charge in [-0.2, -0.15) is 0 Å². The van der Waals surface area contributed by atoms with Gasteiger partial charge in [-0.3, -0.25) is 0 Å². The fraction of sp³-hybridized carbons (Fsp3) is 0. The van der Waals surface area contributed by atoms with Gasteiger partial charge < -0.3 is 5.73 Å². The molecule has 0 unspecified atom stereocenters. The molecule has 25 heavy (non-hydrogen) atoms. The summed E-state index contributed by atoms with van der Waals surface area (Å²) in [4.78, 5) is 0. The molecule has 4 aromatic carbocycles. The van der Waals surface area contributed by atoms with E-state index in [9.17, 15) is 0 Å². The standard InChI is InChI=1S/C24H19N/c25-24-22-14-8-7-13-20(22)17-21(16-15-18-9-3-1-4-10-18)23(24)19-11-5-2-6-12-19/h1-17H,25H2. The van der Waals surface area contributed by atoms with Crippen LogP contribution in [0.2, 0.25) is 0 Å². The van der Waals surface area contributed by atoms with Gasteiger partial charge in [0.05, 0.1) is 0 Å². The van der Waals surface area contributed by atoms with Crippen LogP contribution in [0.4, 0.5) is 5.69 Å². The third kappa shape index (κ3) is 3.05. The summed E-state index contributed by atoms with van der Waals surface area (Å²) in [6.45, 7) is 0. The molecule has 2 N–H and O–H groups in total. The van der Waals surface area contributed by atoms with Crippen LogP contribution >= 0.6 is 0 Å². The summed E-state index contributed by atoms with van der Waals surface area (Å²) in [5, 5.41) is 2.26. The molecule has 0 heterocycles. The summed E-state index contributed by atoms with van der Waals surface area (Å²) in [7, 11) is 0. The van der Waals surface area contributed by atoms with Crippen molar-refractivity contribution in [3.8, 4) is 11.1 Å². The van der Waals surface area contributed by atoms with Crippen molar-refractivity contribution >= 4 is 28.6 Å². The summed E-state index contributed by atoms with van der Waals surface area (Å²) >= 11 is 0. The van der Waals surface area contributed by atoms with E-state index in [2.05, 4.69) is 72.8 Å². The van der Waals surface area contributed by atoms with Gasteiger partial charge in [0.15, 0.2) is 0 Å². The first-order valence-corrected chi connectivity index (χ1v) is 8.43. The Morgan fingerprint density at radius 1 is 0.640 bits per heavy atom. The van der Waals surface area contributed by atoms with Crippen LogP contribution < -0.4 is 5.73 Å². The molecule has 0 fully saturated rings. The number of anilines is 1. The number of rotatable bonds is 3. The van der Waals surface area contributed by atoms with Crippen molar-refractivity contribution in [3.63, 3.8) is 0 Å². The van der Waals surface area contributed by atoms with Crippen molar-refractivity contribution < 1.29 is 0 Å². The fourth-order valence-electron chi connectivity index (χ4n) is 3.21. The Morgan fingerprint density at radius 2 is 1.28 bits per heavy atom. The van der Waals surface area contributed by atoms with Gasteiger partial charge in [0.2, 0.25) is 0 Å². The Morgan fingerprint density at radius 3 is 2.04 bits per heavy atom. The molecule has 0 aliphatic carbocycles. The Bertz CT molecular complexity index is 1030. The quantitative estimate of drug-likeness (QED) is 0.350. The van der Waals surface area contributed by atoms with Crippen LogP contribution in [0.3, 0.4) is 0 Å². The third-order valence-electron chi connectivity index (χ3n) is 4.44. The number of nitrogen functional groups attached to an aromatic ring is 1. The van der Waals surface area contributed by atoms with Gasteiger partial charge in [-0.05, 0) is 28.1 Å². The lowest BCUT2D eigenvalue weighted by Gasteiger charge is -2.14. The molecule has 0 spiro atoms. The second-order valence-corrected chi connectivity index (χ2v) is 6.09. The van der Waals surface area contributed by atoms with E-state index in [0.29, 0.717) is 0 Å². The highest BCUT2D eigenvalue weighted by molar-refractivity contribution is 6.04. The third-order valence-corrected chi connectivity index (χ3v) is 4.44. The first-order valence-electron chi connectivity index (χ1n) is 8.43. The number of fused-ring (bicyclic) bond motifs is 1. The van der Waals surface area contributed by atoms with Crippen molar-refractivity contribution in [2.45, 2.75) is 0 Å². The SMILES string of the molecule is Nc1c(-c2ccccc2)c(C=Cc2ccccc2)cc2ccccc12. The second kappa shape index (κ2) is 6.66. The Labute approximate surface area is 148 Å². The zero-order valence-electron chi connectivity index (χ0n) is 13.9. The van der Waals surface area contributed by atoms with Crippen molar-refractivity contribution in [2.24, 2.45) is 0 Å². The lowest BCUT2D eigenvalue weighted by Crippen LogP contribution is -1.95. The average Bonchev–Trinajstić information content (AvgIpc) is 2.68. The smallest absolute Gasteiger partial charge is 0.0479 e. The van der Waals surface area contributed by atoms with E-state index < -0.39 is 0 Å². The summed E-state index contributed by atoms with van der Waals surface area (Å²) in [5.74, 6) is 0. The predicted molar refractivity (Wildman–Crippen MR) is 109 cm³/mol. The van der Waals surface area contributed by atoms with E-state index in [0.717, 1.165) is 33.2 Å². The molecule has 0 saturated carbocycles. The van der Waals surface area contributed by atoms with Crippen molar-refractivity contribution in [3.05, 3.63) is 102 Å². The van der Waals surface area contributed by atoms with E-state index >= 15 is 0 Å². The molecule has 0 saturated heterocycles. The number of benzene rings is 4. The summed E-state index contributed by atoms with van der Waals surface area (Å²) < 4.78 is 0. The van der Waals surface area contributed by atoms with Gasteiger partial charge in [0, 0.05) is 16.6 Å². The largest absolute Gasteiger partial charge is 0.398 e. The van der Waals surface area contributed by atoms with Crippen LogP contribution in [0.15, 0.2) is 91.0 Å². The average molecular weight is 321 g/mol. The molecule has 0 atom stereocenters. The molecule has 120 valence electrons. The fourth-order valence-corrected chi connectivity index (χ4v) is 3.21. The van der Waals surface area contributed by atoms with Crippen molar-refractivity contribution in [1.29, 1.82) is 0 Å². The maximum atomic E-state index is 6.59. The summed E-state index contributed by atoms with van der Waals surface area (Å²) in [6, 6.07) is 31.2. The number of nitrogens with two attached hydrogens (primary N) is 1.